The average molecular weight is 579 g/mol. The predicted molar refractivity (Wildman–Crippen MR) is 164 cm³/mol. The Balaban J connectivity index is 1.35. The maximum atomic E-state index is 9.09. The average Bonchev–Trinajstić information content (AvgIpc) is 3.67. The van der Waals surface area contributed by atoms with E-state index in [0.29, 0.717) is 10.3 Å². The van der Waals surface area contributed by atoms with E-state index in [9.17, 15) is 0 Å². The molecule has 0 bridgehead atoms. The SMILES string of the molecule is CCN(CCCO)c1ccc(N=Nc2ncc(-c3cnc(N=Nc4ccc(N(CC)CCCO)cc4)s3)s2)cc1. The number of hydrogen-bond donors (Lipinski definition) is 2. The highest BCUT2D eigenvalue weighted by Gasteiger charge is 2.09. The van der Waals surface area contributed by atoms with Gasteiger partial charge in [-0.05, 0) is 75.2 Å². The summed E-state index contributed by atoms with van der Waals surface area (Å²) in [6.07, 6.45) is 5.02. The second-order valence-corrected chi connectivity index (χ2v) is 10.8. The van der Waals surface area contributed by atoms with E-state index in [2.05, 4.69) is 54.1 Å². The summed E-state index contributed by atoms with van der Waals surface area (Å²) in [6.45, 7) is 7.95. The van der Waals surface area contributed by atoms with Gasteiger partial charge in [0, 0.05) is 63.2 Å². The van der Waals surface area contributed by atoms with Gasteiger partial charge >= 0.3 is 0 Å². The Bertz CT molecular complexity index is 1260. The molecule has 0 spiro atoms. The van der Waals surface area contributed by atoms with E-state index < -0.39 is 0 Å². The van der Waals surface area contributed by atoms with Crippen LogP contribution in [0.3, 0.4) is 0 Å². The first kappa shape index (κ1) is 29.4. The second-order valence-electron chi connectivity index (χ2n) is 8.76. The molecule has 4 aromatic rings. The van der Waals surface area contributed by atoms with Crippen LogP contribution >= 0.6 is 22.7 Å². The zero-order valence-corrected chi connectivity index (χ0v) is 24.4. The molecule has 210 valence electrons. The molecule has 0 aliphatic carbocycles. The largest absolute Gasteiger partial charge is 0.396 e. The van der Waals surface area contributed by atoms with Gasteiger partial charge in [-0.25, -0.2) is 9.97 Å². The van der Waals surface area contributed by atoms with Gasteiger partial charge in [0.05, 0.1) is 21.1 Å². The third kappa shape index (κ3) is 8.21. The van der Waals surface area contributed by atoms with Crippen LogP contribution in [0, 0.1) is 0 Å². The van der Waals surface area contributed by atoms with E-state index in [1.165, 1.54) is 22.7 Å². The molecule has 0 amide bonds. The molecule has 0 saturated heterocycles. The lowest BCUT2D eigenvalue weighted by molar-refractivity contribution is 0.289. The topological polar surface area (TPSA) is 122 Å². The highest BCUT2D eigenvalue weighted by atomic mass is 32.1. The van der Waals surface area contributed by atoms with Crippen molar-refractivity contribution < 1.29 is 10.2 Å². The number of aliphatic hydroxyl groups excluding tert-OH is 2. The van der Waals surface area contributed by atoms with Gasteiger partial charge in [0.2, 0.25) is 10.3 Å². The fourth-order valence-corrected chi connectivity index (χ4v) is 5.51. The van der Waals surface area contributed by atoms with Crippen molar-refractivity contribution in [3.8, 4) is 9.75 Å². The molecule has 0 radical (unpaired) electrons. The van der Waals surface area contributed by atoms with Gasteiger partial charge in [-0.15, -0.1) is 20.5 Å². The lowest BCUT2D eigenvalue weighted by Crippen LogP contribution is -2.24. The molecule has 0 fully saturated rings. The summed E-state index contributed by atoms with van der Waals surface area (Å²) in [6, 6.07) is 15.8. The standard InChI is InChI=1S/C28H34N8O2S2/c1-3-35(15-5-17-37)23-11-7-21(8-12-23)31-33-27-29-19-25(39-27)26-20-30-28(40-26)34-32-22-9-13-24(14-10-22)36(4-2)16-6-18-38/h7-14,19-20,37-38H,3-6,15-18H2,1-2H3. The van der Waals surface area contributed by atoms with Crippen LogP contribution in [0.1, 0.15) is 26.7 Å². The number of rotatable bonds is 15. The normalized spacial score (nSPS) is 11.6. The van der Waals surface area contributed by atoms with Crippen molar-refractivity contribution in [2.24, 2.45) is 20.5 Å². The van der Waals surface area contributed by atoms with Crippen LogP contribution in [0.2, 0.25) is 0 Å². The molecule has 12 heteroatoms. The van der Waals surface area contributed by atoms with E-state index in [1.54, 1.807) is 12.4 Å². The Morgan fingerprint density at radius 3 is 1.38 bits per heavy atom. The van der Waals surface area contributed by atoms with Gasteiger partial charge in [-0.3, -0.25) is 0 Å². The van der Waals surface area contributed by atoms with Gasteiger partial charge < -0.3 is 20.0 Å². The van der Waals surface area contributed by atoms with Crippen molar-refractivity contribution in [1.29, 1.82) is 0 Å². The monoisotopic (exact) mass is 578 g/mol. The minimum absolute atomic E-state index is 0.186. The Kier molecular flexibility index (Phi) is 11.2. The molecular weight excluding hydrogens is 544 g/mol. The molecule has 4 rings (SSSR count). The fourth-order valence-electron chi connectivity index (χ4n) is 3.97. The zero-order valence-electron chi connectivity index (χ0n) is 22.7. The lowest BCUT2D eigenvalue weighted by Gasteiger charge is -2.22. The summed E-state index contributed by atoms with van der Waals surface area (Å²) in [4.78, 5) is 15.1. The van der Waals surface area contributed by atoms with Gasteiger partial charge in [0.15, 0.2) is 0 Å². The van der Waals surface area contributed by atoms with Crippen molar-refractivity contribution in [2.45, 2.75) is 26.7 Å². The Morgan fingerprint density at radius 1 is 0.625 bits per heavy atom. The molecule has 0 aliphatic rings. The van der Waals surface area contributed by atoms with E-state index in [0.717, 1.165) is 71.5 Å². The summed E-state index contributed by atoms with van der Waals surface area (Å²) in [5, 5.41) is 36.6. The van der Waals surface area contributed by atoms with Crippen molar-refractivity contribution in [3.63, 3.8) is 0 Å². The van der Waals surface area contributed by atoms with Crippen LogP contribution in [0.25, 0.3) is 9.75 Å². The Hall–Kier alpha value is -3.58. The molecule has 0 unspecified atom stereocenters. The highest BCUT2D eigenvalue weighted by molar-refractivity contribution is 7.25. The summed E-state index contributed by atoms with van der Waals surface area (Å²) >= 11 is 2.88. The molecule has 0 saturated carbocycles. The smallest absolute Gasteiger partial charge is 0.230 e. The molecule has 40 heavy (non-hydrogen) atoms. The van der Waals surface area contributed by atoms with Gasteiger partial charge in [0.25, 0.3) is 0 Å². The summed E-state index contributed by atoms with van der Waals surface area (Å²) in [5.41, 5.74) is 3.69. The maximum Gasteiger partial charge on any atom is 0.230 e. The molecule has 2 N–H and O–H groups in total. The van der Waals surface area contributed by atoms with Gasteiger partial charge in [-0.2, -0.15) is 0 Å². The molecule has 0 atom stereocenters. The molecule has 2 heterocycles. The van der Waals surface area contributed by atoms with E-state index in [1.807, 2.05) is 48.5 Å². The maximum absolute atomic E-state index is 9.09. The molecule has 10 nitrogen and oxygen atoms in total. The van der Waals surface area contributed by atoms with E-state index >= 15 is 0 Å². The first-order chi connectivity index (χ1) is 19.6. The number of anilines is 2. The first-order valence-corrected chi connectivity index (χ1v) is 14.9. The Labute approximate surface area is 242 Å². The van der Waals surface area contributed by atoms with E-state index in [-0.39, 0.29) is 13.2 Å². The fraction of sp³-hybridized carbons (Fsp3) is 0.357. The number of nitrogens with zero attached hydrogens (tertiary/aromatic N) is 8. The third-order valence-electron chi connectivity index (χ3n) is 6.10. The van der Waals surface area contributed by atoms with E-state index in [4.69, 9.17) is 10.2 Å². The quantitative estimate of drug-likeness (QED) is 0.141. The van der Waals surface area contributed by atoms with Crippen LogP contribution in [0.15, 0.2) is 81.4 Å². The predicted octanol–water partition coefficient (Wildman–Crippen LogP) is 7.51. The first-order valence-electron chi connectivity index (χ1n) is 13.3. The Morgan fingerprint density at radius 2 is 1.02 bits per heavy atom. The number of hydrogen-bond acceptors (Lipinski definition) is 12. The van der Waals surface area contributed by atoms with Crippen molar-refractivity contribution >= 4 is 55.7 Å². The second kappa shape index (κ2) is 15.3. The van der Waals surface area contributed by atoms with Crippen LogP contribution in [-0.2, 0) is 0 Å². The minimum atomic E-state index is 0.186. The number of benzene rings is 2. The van der Waals surface area contributed by atoms with Gasteiger partial charge in [-0.1, -0.05) is 22.7 Å². The van der Waals surface area contributed by atoms with Crippen LogP contribution in [0.5, 0.6) is 0 Å². The molecule has 2 aromatic carbocycles. The molecule has 0 aliphatic heterocycles. The van der Waals surface area contributed by atoms with Crippen molar-refractivity contribution in [2.75, 3.05) is 49.2 Å². The van der Waals surface area contributed by atoms with Crippen LogP contribution < -0.4 is 9.80 Å². The summed E-state index contributed by atoms with van der Waals surface area (Å²) in [5.74, 6) is 0. The van der Waals surface area contributed by atoms with Crippen LogP contribution in [0.4, 0.5) is 33.0 Å². The zero-order chi connectivity index (χ0) is 28.2. The molecule has 2 aromatic heterocycles. The lowest BCUT2D eigenvalue weighted by atomic mass is 10.2. The number of thiazole rings is 2. The summed E-state index contributed by atoms with van der Waals surface area (Å²) in [7, 11) is 0. The van der Waals surface area contributed by atoms with Crippen LogP contribution in [-0.4, -0.2) is 59.6 Å². The number of azo groups is 2. The van der Waals surface area contributed by atoms with Crippen molar-refractivity contribution in [3.05, 3.63) is 60.9 Å². The highest BCUT2D eigenvalue weighted by Crippen LogP contribution is 2.37. The molecular formula is C28H34N8O2S2. The third-order valence-corrected chi connectivity index (χ3v) is 8.06. The minimum Gasteiger partial charge on any atom is -0.396 e. The summed E-state index contributed by atoms with van der Waals surface area (Å²) < 4.78 is 0. The van der Waals surface area contributed by atoms with Gasteiger partial charge in [0.1, 0.15) is 0 Å². The number of aromatic nitrogens is 2. The number of aliphatic hydroxyl groups is 2. The van der Waals surface area contributed by atoms with Crippen molar-refractivity contribution in [1.82, 2.24) is 9.97 Å².